The van der Waals surface area contributed by atoms with E-state index in [2.05, 4.69) is 17.3 Å². The summed E-state index contributed by atoms with van der Waals surface area (Å²) < 4.78 is 26.5. The number of piperidine rings is 1. The minimum Gasteiger partial charge on any atom is -0.327 e. The molecule has 2 fully saturated rings. The van der Waals surface area contributed by atoms with Crippen molar-refractivity contribution in [3.05, 3.63) is 24.3 Å². The van der Waals surface area contributed by atoms with E-state index >= 15 is 0 Å². The second-order valence-corrected chi connectivity index (χ2v) is 9.86. The van der Waals surface area contributed by atoms with E-state index in [1.807, 2.05) is 0 Å². The molecule has 1 heterocycles. The number of sulfonamides is 1. The third-order valence-corrected chi connectivity index (χ3v) is 7.37. The summed E-state index contributed by atoms with van der Waals surface area (Å²) in [6.45, 7) is 2.85. The van der Waals surface area contributed by atoms with Gasteiger partial charge in [0.2, 0.25) is 10.0 Å². The summed E-state index contributed by atoms with van der Waals surface area (Å²) in [5, 5.41) is 2.85. The number of benzene rings is 1. The summed E-state index contributed by atoms with van der Waals surface area (Å²) >= 11 is 0. The van der Waals surface area contributed by atoms with E-state index in [1.54, 1.807) is 43.3 Å². The first-order valence-corrected chi connectivity index (χ1v) is 11.0. The number of hydrogen-bond acceptors (Lipinski definition) is 4. The normalized spacial score (nSPS) is 21.3. The van der Waals surface area contributed by atoms with Crippen molar-refractivity contribution in [2.45, 2.75) is 36.6 Å². The third-order valence-electron chi connectivity index (χ3n) is 5.44. The number of rotatable bonds is 6. The van der Waals surface area contributed by atoms with Crippen molar-refractivity contribution in [3.63, 3.8) is 0 Å². The van der Waals surface area contributed by atoms with Crippen LogP contribution < -0.4 is 5.32 Å². The number of amides is 2. The molecule has 1 N–H and O–H groups in total. The van der Waals surface area contributed by atoms with Gasteiger partial charge in [-0.1, -0.05) is 0 Å². The Balaban J connectivity index is 1.56. The van der Waals surface area contributed by atoms with E-state index in [-0.39, 0.29) is 17.0 Å². The highest BCUT2D eigenvalue weighted by molar-refractivity contribution is 7.89. The zero-order valence-electron chi connectivity index (χ0n) is 16.4. The van der Waals surface area contributed by atoms with Crippen molar-refractivity contribution >= 4 is 21.7 Å². The smallest absolute Gasteiger partial charge is 0.321 e. The summed E-state index contributed by atoms with van der Waals surface area (Å²) in [6, 6.07) is 6.36. The minimum absolute atomic E-state index is 0.127. The van der Waals surface area contributed by atoms with E-state index in [4.69, 9.17) is 0 Å². The molecule has 8 heteroatoms. The fourth-order valence-corrected chi connectivity index (χ4v) is 5.04. The van der Waals surface area contributed by atoms with Crippen molar-refractivity contribution in [1.82, 2.24) is 14.1 Å². The van der Waals surface area contributed by atoms with Gasteiger partial charge in [0.15, 0.2) is 0 Å². The molecule has 1 saturated heterocycles. The molecule has 1 saturated carbocycles. The van der Waals surface area contributed by atoms with Gasteiger partial charge in [0, 0.05) is 38.9 Å². The Morgan fingerprint density at radius 1 is 1.19 bits per heavy atom. The Labute approximate surface area is 162 Å². The fraction of sp³-hybridized carbons (Fsp3) is 0.632. The first-order chi connectivity index (χ1) is 12.8. The molecular formula is C19H30N4O3S. The van der Waals surface area contributed by atoms with Gasteiger partial charge >= 0.3 is 6.03 Å². The maximum absolute atomic E-state index is 12.5. The highest BCUT2D eigenvalue weighted by Gasteiger charge is 2.34. The van der Waals surface area contributed by atoms with Gasteiger partial charge in [0.25, 0.3) is 0 Å². The molecule has 1 unspecified atom stereocenters. The number of hydrogen-bond donors (Lipinski definition) is 1. The summed E-state index contributed by atoms with van der Waals surface area (Å²) in [7, 11) is 2.08. The van der Waals surface area contributed by atoms with E-state index in [0.717, 1.165) is 38.9 Å². The summed E-state index contributed by atoms with van der Waals surface area (Å²) in [5.41, 5.74) is 0.598. The average Bonchev–Trinajstić information content (AvgIpc) is 3.46. The quantitative estimate of drug-likeness (QED) is 0.803. The van der Waals surface area contributed by atoms with Crippen LogP contribution in [0.1, 0.15) is 25.7 Å². The average molecular weight is 395 g/mol. The summed E-state index contributed by atoms with van der Waals surface area (Å²) in [4.78, 5) is 16.7. The van der Waals surface area contributed by atoms with Crippen molar-refractivity contribution in [3.8, 4) is 0 Å². The molecule has 150 valence electrons. The number of likely N-dealkylation sites (tertiary alicyclic amines) is 1. The lowest BCUT2D eigenvalue weighted by Crippen LogP contribution is -2.41. The predicted molar refractivity (Wildman–Crippen MR) is 106 cm³/mol. The molecule has 0 radical (unpaired) electrons. The van der Waals surface area contributed by atoms with Crippen LogP contribution >= 0.6 is 0 Å². The Morgan fingerprint density at radius 3 is 2.44 bits per heavy atom. The Morgan fingerprint density at radius 2 is 1.85 bits per heavy atom. The fourth-order valence-electron chi connectivity index (χ4n) is 3.62. The number of nitrogens with zero attached hydrogens (tertiary/aromatic N) is 3. The lowest BCUT2D eigenvalue weighted by Gasteiger charge is -2.32. The van der Waals surface area contributed by atoms with Gasteiger partial charge in [-0.25, -0.2) is 13.2 Å². The van der Waals surface area contributed by atoms with Crippen molar-refractivity contribution < 1.29 is 13.2 Å². The Bertz CT molecular complexity index is 762. The molecule has 27 heavy (non-hydrogen) atoms. The maximum atomic E-state index is 12.5. The molecule has 1 aromatic carbocycles. The first kappa shape index (κ1) is 20.1. The summed E-state index contributed by atoms with van der Waals surface area (Å²) in [6.07, 6.45) is 4.16. The number of carbonyl (C=O) groups excluding carboxylic acids is 1. The standard InChI is InChI=1S/C19H30N4O3S/c1-21-12-4-5-15(13-21)14-22(2)19(24)20-16-6-10-18(11-7-16)27(25,26)23(3)17-8-9-17/h6-7,10-11,15,17H,4-5,8-9,12-14H2,1-3H3,(H,20,24). The predicted octanol–water partition coefficient (Wildman–Crippen LogP) is 2.28. The Kier molecular flexibility index (Phi) is 6.08. The topological polar surface area (TPSA) is 73.0 Å². The van der Waals surface area contributed by atoms with Crippen LogP contribution in [0.5, 0.6) is 0 Å². The van der Waals surface area contributed by atoms with E-state index in [0.29, 0.717) is 11.6 Å². The largest absolute Gasteiger partial charge is 0.327 e. The number of urea groups is 1. The van der Waals surface area contributed by atoms with E-state index in [9.17, 15) is 13.2 Å². The second-order valence-electron chi connectivity index (χ2n) is 7.86. The van der Waals surface area contributed by atoms with Crippen LogP contribution in [0, 0.1) is 5.92 Å². The maximum Gasteiger partial charge on any atom is 0.321 e. The molecule has 0 spiro atoms. The molecule has 7 nitrogen and oxygen atoms in total. The monoisotopic (exact) mass is 394 g/mol. The molecule has 2 aliphatic rings. The molecule has 0 bridgehead atoms. The minimum atomic E-state index is -3.46. The third kappa shape index (κ3) is 5.00. The lowest BCUT2D eigenvalue weighted by molar-refractivity contribution is 0.170. The van der Waals surface area contributed by atoms with Crippen LogP contribution in [-0.4, -0.2) is 75.4 Å². The van der Waals surface area contributed by atoms with Gasteiger partial charge < -0.3 is 15.1 Å². The van der Waals surface area contributed by atoms with Gasteiger partial charge in [0.05, 0.1) is 4.90 Å². The van der Waals surface area contributed by atoms with Gasteiger partial charge in [-0.2, -0.15) is 4.31 Å². The van der Waals surface area contributed by atoms with Crippen LogP contribution in [0.3, 0.4) is 0 Å². The SMILES string of the molecule is CN1CCCC(CN(C)C(=O)Nc2ccc(S(=O)(=O)N(C)C3CC3)cc2)C1. The highest BCUT2D eigenvalue weighted by Crippen LogP contribution is 2.30. The number of anilines is 1. The van der Waals surface area contributed by atoms with Crippen LogP contribution in [-0.2, 0) is 10.0 Å². The van der Waals surface area contributed by atoms with Crippen molar-refractivity contribution in [2.24, 2.45) is 5.92 Å². The van der Waals surface area contributed by atoms with Gasteiger partial charge in [-0.15, -0.1) is 0 Å². The number of nitrogens with one attached hydrogen (secondary N) is 1. The van der Waals surface area contributed by atoms with Gasteiger partial charge in [0.1, 0.15) is 0 Å². The first-order valence-electron chi connectivity index (χ1n) is 9.56. The molecule has 1 aliphatic carbocycles. The van der Waals surface area contributed by atoms with Gasteiger partial charge in [-0.05, 0) is 69.5 Å². The van der Waals surface area contributed by atoms with Crippen molar-refractivity contribution in [2.75, 3.05) is 46.1 Å². The van der Waals surface area contributed by atoms with Crippen LogP contribution in [0.2, 0.25) is 0 Å². The van der Waals surface area contributed by atoms with Crippen LogP contribution in [0.4, 0.5) is 10.5 Å². The highest BCUT2D eigenvalue weighted by atomic mass is 32.2. The molecule has 1 aliphatic heterocycles. The molecule has 1 atom stereocenters. The van der Waals surface area contributed by atoms with Crippen LogP contribution in [0.25, 0.3) is 0 Å². The van der Waals surface area contributed by atoms with E-state index in [1.165, 1.54) is 10.7 Å². The van der Waals surface area contributed by atoms with Crippen molar-refractivity contribution in [1.29, 1.82) is 0 Å². The molecule has 1 aromatic rings. The zero-order chi connectivity index (χ0) is 19.6. The molecule has 0 aromatic heterocycles. The Hall–Kier alpha value is -1.64. The van der Waals surface area contributed by atoms with E-state index < -0.39 is 10.0 Å². The summed E-state index contributed by atoms with van der Waals surface area (Å²) in [5.74, 6) is 0.491. The zero-order valence-corrected chi connectivity index (χ0v) is 17.2. The molecular weight excluding hydrogens is 364 g/mol. The lowest BCUT2D eigenvalue weighted by atomic mass is 9.98. The van der Waals surface area contributed by atoms with Crippen LogP contribution in [0.15, 0.2) is 29.2 Å². The molecule has 2 amide bonds. The van der Waals surface area contributed by atoms with Gasteiger partial charge in [-0.3, -0.25) is 0 Å². The second kappa shape index (κ2) is 8.16. The number of carbonyl (C=O) groups is 1. The molecule has 3 rings (SSSR count).